The van der Waals surface area contributed by atoms with Crippen LogP contribution in [-0.2, 0) is 22.4 Å². The zero-order valence-electron chi connectivity index (χ0n) is 16.8. The molecule has 0 aliphatic carbocycles. The lowest BCUT2D eigenvalue weighted by Crippen LogP contribution is -2.41. The summed E-state index contributed by atoms with van der Waals surface area (Å²) in [6.07, 6.45) is 0.576. The predicted molar refractivity (Wildman–Crippen MR) is 107 cm³/mol. The molecule has 0 fully saturated rings. The number of ether oxygens (including phenoxy) is 3. The fourth-order valence-corrected chi connectivity index (χ4v) is 3.83. The van der Waals surface area contributed by atoms with Crippen LogP contribution in [0.5, 0.6) is 17.2 Å². The second kappa shape index (κ2) is 8.86. The summed E-state index contributed by atoms with van der Waals surface area (Å²) in [5.74, 6) is 0.642. The molecule has 7 heteroatoms. The largest absolute Gasteiger partial charge is 0.496 e. The van der Waals surface area contributed by atoms with Gasteiger partial charge in [-0.2, -0.15) is 0 Å². The third kappa shape index (κ3) is 4.29. The highest BCUT2D eigenvalue weighted by atomic mass is 16.5. The zero-order chi connectivity index (χ0) is 21.0. The molecule has 154 valence electrons. The Hall–Kier alpha value is -3.22. The van der Waals surface area contributed by atoms with Crippen molar-refractivity contribution in [3.63, 3.8) is 0 Å². The van der Waals surface area contributed by atoms with Crippen molar-refractivity contribution in [1.82, 2.24) is 4.90 Å². The summed E-state index contributed by atoms with van der Waals surface area (Å²) in [5, 5.41) is 9.48. The Morgan fingerprint density at radius 2 is 1.69 bits per heavy atom. The van der Waals surface area contributed by atoms with Gasteiger partial charge in [-0.25, -0.2) is 0 Å². The Labute approximate surface area is 169 Å². The molecule has 1 heterocycles. The van der Waals surface area contributed by atoms with Crippen LogP contribution in [0.2, 0.25) is 0 Å². The maximum absolute atomic E-state index is 13.1. The number of aliphatic carboxylic acids is 1. The molecule has 2 aromatic rings. The molecular formula is C22H25NO6. The summed E-state index contributed by atoms with van der Waals surface area (Å²) in [4.78, 5) is 26.4. The SMILES string of the molecule is COc1ccccc1CC(=O)N1CCc2cc(OC)c(OC)cc2C1CC(=O)O. The van der Waals surface area contributed by atoms with E-state index < -0.39 is 12.0 Å². The van der Waals surface area contributed by atoms with Crippen LogP contribution in [0.15, 0.2) is 36.4 Å². The molecule has 1 unspecified atom stereocenters. The molecule has 0 spiro atoms. The molecule has 0 bridgehead atoms. The lowest BCUT2D eigenvalue weighted by Gasteiger charge is -2.37. The summed E-state index contributed by atoms with van der Waals surface area (Å²) in [7, 11) is 4.65. The lowest BCUT2D eigenvalue weighted by molar-refractivity contribution is -0.141. The zero-order valence-corrected chi connectivity index (χ0v) is 16.8. The number of fused-ring (bicyclic) bond motifs is 1. The predicted octanol–water partition coefficient (Wildman–Crippen LogP) is 2.86. The van der Waals surface area contributed by atoms with Crippen LogP contribution in [-0.4, -0.2) is 49.8 Å². The van der Waals surface area contributed by atoms with Crippen molar-refractivity contribution in [3.8, 4) is 17.2 Å². The van der Waals surface area contributed by atoms with E-state index in [0.29, 0.717) is 30.2 Å². The van der Waals surface area contributed by atoms with Crippen molar-refractivity contribution in [3.05, 3.63) is 53.1 Å². The second-order valence-electron chi connectivity index (χ2n) is 6.85. The number of carboxylic acids is 1. The number of carboxylic acid groups (broad SMARTS) is 1. The van der Waals surface area contributed by atoms with E-state index in [4.69, 9.17) is 14.2 Å². The topological polar surface area (TPSA) is 85.3 Å². The molecule has 0 radical (unpaired) electrons. The first-order valence-corrected chi connectivity index (χ1v) is 9.36. The van der Waals surface area contributed by atoms with Crippen LogP contribution < -0.4 is 14.2 Å². The number of amides is 1. The van der Waals surface area contributed by atoms with E-state index in [9.17, 15) is 14.7 Å². The van der Waals surface area contributed by atoms with Crippen molar-refractivity contribution in [2.24, 2.45) is 0 Å². The fourth-order valence-electron chi connectivity index (χ4n) is 3.83. The number of benzene rings is 2. The number of methoxy groups -OCH3 is 3. The molecule has 7 nitrogen and oxygen atoms in total. The quantitative estimate of drug-likeness (QED) is 0.771. The standard InChI is InChI=1S/C22H25NO6/c1-27-18-7-5-4-6-15(18)11-21(24)23-9-8-14-10-19(28-2)20(29-3)12-16(14)17(23)13-22(25)26/h4-7,10,12,17H,8-9,11,13H2,1-3H3,(H,25,26). The summed E-state index contributed by atoms with van der Waals surface area (Å²) in [6, 6.07) is 10.4. The van der Waals surface area contributed by atoms with Crippen molar-refractivity contribution in [2.45, 2.75) is 25.3 Å². The maximum atomic E-state index is 13.1. The Bertz CT molecular complexity index is 910. The number of hydrogen-bond acceptors (Lipinski definition) is 5. The molecule has 1 aliphatic rings. The Kier molecular flexibility index (Phi) is 6.26. The molecule has 1 amide bonds. The first-order valence-electron chi connectivity index (χ1n) is 9.36. The number of nitrogens with zero attached hydrogens (tertiary/aromatic N) is 1. The summed E-state index contributed by atoms with van der Waals surface area (Å²) in [6.45, 7) is 0.439. The molecule has 2 aromatic carbocycles. The minimum absolute atomic E-state index is 0.138. The van der Waals surface area contributed by atoms with Crippen LogP contribution in [0.3, 0.4) is 0 Å². The second-order valence-corrected chi connectivity index (χ2v) is 6.85. The highest BCUT2D eigenvalue weighted by Gasteiger charge is 2.33. The van der Waals surface area contributed by atoms with Gasteiger partial charge in [0.15, 0.2) is 11.5 Å². The average Bonchev–Trinajstić information content (AvgIpc) is 2.72. The van der Waals surface area contributed by atoms with E-state index in [1.807, 2.05) is 24.3 Å². The molecule has 3 rings (SSSR count). The van der Waals surface area contributed by atoms with E-state index in [1.165, 1.54) is 7.11 Å². The number of carbonyl (C=O) groups excluding carboxylic acids is 1. The molecule has 29 heavy (non-hydrogen) atoms. The van der Waals surface area contributed by atoms with E-state index in [2.05, 4.69) is 0 Å². The number of rotatable bonds is 7. The molecule has 0 aromatic heterocycles. The monoisotopic (exact) mass is 399 g/mol. The van der Waals surface area contributed by atoms with E-state index >= 15 is 0 Å². The molecule has 1 aliphatic heterocycles. The minimum atomic E-state index is -0.965. The molecule has 1 N–H and O–H groups in total. The highest BCUT2D eigenvalue weighted by molar-refractivity contribution is 5.81. The van der Waals surface area contributed by atoms with Gasteiger partial charge in [0.05, 0.1) is 40.2 Å². The first kappa shape index (κ1) is 20.5. The summed E-state index contributed by atoms with van der Waals surface area (Å²) < 4.78 is 16.1. The number of para-hydroxylation sites is 1. The molecule has 1 atom stereocenters. The van der Waals surface area contributed by atoms with E-state index in [1.54, 1.807) is 31.3 Å². The van der Waals surface area contributed by atoms with Crippen molar-refractivity contribution >= 4 is 11.9 Å². The van der Waals surface area contributed by atoms with Gasteiger partial charge in [-0.15, -0.1) is 0 Å². The van der Waals surface area contributed by atoms with Crippen molar-refractivity contribution in [2.75, 3.05) is 27.9 Å². The fraction of sp³-hybridized carbons (Fsp3) is 0.364. The van der Waals surface area contributed by atoms with Gasteiger partial charge in [-0.1, -0.05) is 18.2 Å². The van der Waals surface area contributed by atoms with Crippen LogP contribution in [0.25, 0.3) is 0 Å². The molecule has 0 saturated carbocycles. The molecular weight excluding hydrogens is 374 g/mol. The van der Waals surface area contributed by atoms with Crippen LogP contribution >= 0.6 is 0 Å². The van der Waals surface area contributed by atoms with Gasteiger partial charge in [0.1, 0.15) is 5.75 Å². The summed E-state index contributed by atoms with van der Waals surface area (Å²) >= 11 is 0. The third-order valence-corrected chi connectivity index (χ3v) is 5.23. The first-order chi connectivity index (χ1) is 14.0. The van der Waals surface area contributed by atoms with Crippen molar-refractivity contribution < 1.29 is 28.9 Å². The Balaban J connectivity index is 1.95. The minimum Gasteiger partial charge on any atom is -0.496 e. The normalized spacial score (nSPS) is 15.4. The van der Waals surface area contributed by atoms with Gasteiger partial charge < -0.3 is 24.2 Å². The van der Waals surface area contributed by atoms with Crippen LogP contribution in [0, 0.1) is 0 Å². The summed E-state index contributed by atoms with van der Waals surface area (Å²) in [5.41, 5.74) is 2.52. The van der Waals surface area contributed by atoms with Crippen molar-refractivity contribution in [1.29, 1.82) is 0 Å². The van der Waals surface area contributed by atoms with Gasteiger partial charge in [0.2, 0.25) is 5.91 Å². The van der Waals surface area contributed by atoms with E-state index in [-0.39, 0.29) is 18.7 Å². The number of carbonyl (C=O) groups is 2. The third-order valence-electron chi connectivity index (χ3n) is 5.23. The van der Waals surface area contributed by atoms with Crippen LogP contribution in [0.4, 0.5) is 0 Å². The smallest absolute Gasteiger partial charge is 0.305 e. The van der Waals surface area contributed by atoms with Gasteiger partial charge in [-0.05, 0) is 35.7 Å². The highest BCUT2D eigenvalue weighted by Crippen LogP contribution is 2.39. The van der Waals surface area contributed by atoms with Gasteiger partial charge in [-0.3, -0.25) is 9.59 Å². The maximum Gasteiger partial charge on any atom is 0.305 e. The van der Waals surface area contributed by atoms with Crippen LogP contribution in [0.1, 0.15) is 29.2 Å². The Morgan fingerprint density at radius 3 is 2.34 bits per heavy atom. The van der Waals surface area contributed by atoms with Gasteiger partial charge >= 0.3 is 5.97 Å². The number of hydrogen-bond donors (Lipinski definition) is 1. The Morgan fingerprint density at radius 1 is 1.03 bits per heavy atom. The lowest BCUT2D eigenvalue weighted by atomic mass is 9.89. The molecule has 0 saturated heterocycles. The van der Waals surface area contributed by atoms with Gasteiger partial charge in [0.25, 0.3) is 0 Å². The van der Waals surface area contributed by atoms with E-state index in [0.717, 1.165) is 16.7 Å². The van der Waals surface area contributed by atoms with Gasteiger partial charge in [0, 0.05) is 12.1 Å². The average molecular weight is 399 g/mol.